The van der Waals surface area contributed by atoms with E-state index in [0.717, 1.165) is 22.3 Å². The lowest BCUT2D eigenvalue weighted by molar-refractivity contribution is 0.487. The Labute approximate surface area is 205 Å². The minimum absolute atomic E-state index is 0.249. The molecule has 5 rings (SSSR count). The van der Waals surface area contributed by atoms with E-state index < -0.39 is 0 Å². The molecule has 0 atom stereocenters. The molecule has 0 fully saturated rings. The fraction of sp³-hybridized carbons (Fsp3) is 0.0769. The predicted molar refractivity (Wildman–Crippen MR) is 137 cm³/mol. The summed E-state index contributed by atoms with van der Waals surface area (Å²) in [6.07, 6.45) is 7.27. The Kier molecular flexibility index (Phi) is 6.09. The number of hydrogen-bond donors (Lipinski definition) is 0. The minimum Gasteiger partial charge on any atom is -0.349 e. The summed E-state index contributed by atoms with van der Waals surface area (Å²) in [7, 11) is 0. The highest BCUT2D eigenvalue weighted by atomic mass is 35.5. The van der Waals surface area contributed by atoms with Crippen molar-refractivity contribution in [2.24, 2.45) is 5.10 Å². The van der Waals surface area contributed by atoms with Gasteiger partial charge in [-0.15, -0.1) is 11.3 Å². The number of aromatic nitrogens is 2. The van der Waals surface area contributed by atoms with Crippen LogP contribution < -0.4 is 5.56 Å². The average Bonchev–Trinajstić information content (AvgIpc) is 3.29. The Morgan fingerprint density at radius 2 is 1.94 bits per heavy atom. The molecular formula is C26H18ClN5OS. The van der Waals surface area contributed by atoms with Gasteiger partial charge in [0, 0.05) is 41.3 Å². The second kappa shape index (κ2) is 9.48. The molecule has 34 heavy (non-hydrogen) atoms. The van der Waals surface area contributed by atoms with E-state index in [0.29, 0.717) is 33.8 Å². The van der Waals surface area contributed by atoms with Crippen LogP contribution in [0.5, 0.6) is 0 Å². The summed E-state index contributed by atoms with van der Waals surface area (Å²) in [6.45, 7) is 0.635. The Hall–Kier alpha value is -3.99. The van der Waals surface area contributed by atoms with E-state index in [4.69, 9.17) is 11.6 Å². The van der Waals surface area contributed by atoms with Crippen LogP contribution in [-0.4, -0.2) is 20.8 Å². The van der Waals surface area contributed by atoms with Crippen molar-refractivity contribution in [1.29, 1.82) is 5.26 Å². The third-order valence-electron chi connectivity index (χ3n) is 5.38. The lowest BCUT2D eigenvalue weighted by atomic mass is 10.1. The van der Waals surface area contributed by atoms with Crippen molar-refractivity contribution in [3.8, 4) is 17.2 Å². The number of thiophene rings is 1. The van der Waals surface area contributed by atoms with Crippen LogP contribution in [0.4, 0.5) is 0 Å². The van der Waals surface area contributed by atoms with Crippen LogP contribution >= 0.6 is 22.9 Å². The number of hydrogen-bond acceptors (Lipinski definition) is 6. The quantitative estimate of drug-likeness (QED) is 0.336. The van der Waals surface area contributed by atoms with E-state index in [1.807, 2.05) is 65.1 Å². The zero-order chi connectivity index (χ0) is 23.5. The molecule has 0 bridgehead atoms. The number of halogens is 1. The summed E-state index contributed by atoms with van der Waals surface area (Å²) >= 11 is 7.43. The van der Waals surface area contributed by atoms with Gasteiger partial charge in [-0.3, -0.25) is 4.79 Å². The second-order valence-electron chi connectivity index (χ2n) is 7.78. The van der Waals surface area contributed by atoms with Crippen LogP contribution in [0.25, 0.3) is 21.3 Å². The van der Waals surface area contributed by atoms with Gasteiger partial charge in [0.25, 0.3) is 5.56 Å². The van der Waals surface area contributed by atoms with Gasteiger partial charge in [-0.2, -0.15) is 15.0 Å². The molecule has 0 amide bonds. The molecule has 0 aliphatic carbocycles. The molecule has 0 unspecified atom stereocenters. The highest BCUT2D eigenvalue weighted by Crippen LogP contribution is 2.31. The van der Waals surface area contributed by atoms with Crippen molar-refractivity contribution in [1.82, 2.24) is 14.6 Å². The van der Waals surface area contributed by atoms with E-state index in [1.54, 1.807) is 18.3 Å². The molecule has 166 valence electrons. The number of nitriles is 1. The number of fused-ring (bicyclic) bond motifs is 1. The number of allylic oxidation sites excluding steroid dienone is 2. The zero-order valence-corrected chi connectivity index (χ0v) is 19.5. The molecule has 0 N–H and O–H groups in total. The molecular weight excluding hydrogens is 466 g/mol. The standard InChI is InChI=1S/C26H18ClN5OS/c27-22-8-6-21(7-9-22)23-16-34-25-24(23)26(33)32(17-29-25)30-12-20-10-19(11-28)14-31(15-20)13-18-4-2-1-3-5-18/h1-9,12,14-17H,10,13H2/b30-12+. The number of rotatable bonds is 5. The highest BCUT2D eigenvalue weighted by molar-refractivity contribution is 7.17. The second-order valence-corrected chi connectivity index (χ2v) is 9.07. The molecule has 1 aliphatic rings. The summed E-state index contributed by atoms with van der Waals surface area (Å²) in [6, 6.07) is 19.6. The molecule has 2 aromatic carbocycles. The van der Waals surface area contributed by atoms with Crippen molar-refractivity contribution in [2.75, 3.05) is 0 Å². The Morgan fingerprint density at radius 1 is 1.15 bits per heavy atom. The van der Waals surface area contributed by atoms with Gasteiger partial charge in [-0.25, -0.2) is 4.98 Å². The summed E-state index contributed by atoms with van der Waals surface area (Å²) in [4.78, 5) is 20.3. The maximum atomic E-state index is 13.2. The first kappa shape index (κ1) is 21.8. The zero-order valence-electron chi connectivity index (χ0n) is 17.9. The van der Waals surface area contributed by atoms with Gasteiger partial charge in [-0.1, -0.05) is 54.1 Å². The average molecular weight is 484 g/mol. The summed E-state index contributed by atoms with van der Waals surface area (Å²) in [5, 5.41) is 16.9. The third kappa shape index (κ3) is 4.55. The van der Waals surface area contributed by atoms with Crippen LogP contribution in [0.1, 0.15) is 12.0 Å². The molecule has 4 aromatic rings. The maximum absolute atomic E-state index is 13.2. The maximum Gasteiger partial charge on any atom is 0.283 e. The van der Waals surface area contributed by atoms with Crippen LogP contribution in [0.3, 0.4) is 0 Å². The molecule has 1 aliphatic heterocycles. The van der Waals surface area contributed by atoms with Gasteiger partial charge < -0.3 is 4.90 Å². The Balaban J connectivity index is 1.46. The van der Waals surface area contributed by atoms with Crippen molar-refractivity contribution < 1.29 is 0 Å². The number of benzene rings is 2. The van der Waals surface area contributed by atoms with Crippen molar-refractivity contribution in [3.05, 3.63) is 111 Å². The van der Waals surface area contributed by atoms with Crippen molar-refractivity contribution >= 4 is 39.4 Å². The SMILES string of the molecule is N#CC1=CN(Cc2ccccc2)C=C(/C=N/n2cnc3scc(-c4ccc(Cl)cc4)c3c2=O)C1. The fourth-order valence-electron chi connectivity index (χ4n) is 3.78. The van der Waals surface area contributed by atoms with Crippen LogP contribution in [-0.2, 0) is 6.54 Å². The molecule has 3 heterocycles. The summed E-state index contributed by atoms with van der Waals surface area (Å²) in [5.74, 6) is 0. The molecule has 8 heteroatoms. The largest absolute Gasteiger partial charge is 0.349 e. The first-order valence-corrected chi connectivity index (χ1v) is 11.8. The first-order valence-electron chi connectivity index (χ1n) is 10.5. The van der Waals surface area contributed by atoms with Gasteiger partial charge in [0.1, 0.15) is 11.2 Å². The van der Waals surface area contributed by atoms with Gasteiger partial charge >= 0.3 is 0 Å². The first-order chi connectivity index (χ1) is 16.6. The van der Waals surface area contributed by atoms with Gasteiger partial charge in [0.2, 0.25) is 0 Å². The normalized spacial score (nSPS) is 13.7. The summed E-state index contributed by atoms with van der Waals surface area (Å²) in [5.41, 5.74) is 4.03. The minimum atomic E-state index is -0.249. The van der Waals surface area contributed by atoms with Crippen LogP contribution in [0, 0.1) is 11.3 Å². The molecule has 0 saturated heterocycles. The van der Waals surface area contributed by atoms with Gasteiger partial charge in [0.05, 0.1) is 23.2 Å². The van der Waals surface area contributed by atoms with Crippen LogP contribution in [0.15, 0.2) is 99.7 Å². The molecule has 0 radical (unpaired) electrons. The Bertz CT molecular complexity index is 1540. The molecule has 0 saturated carbocycles. The fourth-order valence-corrected chi connectivity index (χ4v) is 4.81. The van der Waals surface area contributed by atoms with Crippen LogP contribution in [0.2, 0.25) is 5.02 Å². The molecule has 2 aromatic heterocycles. The Morgan fingerprint density at radius 3 is 2.71 bits per heavy atom. The smallest absolute Gasteiger partial charge is 0.283 e. The van der Waals surface area contributed by atoms with Gasteiger partial charge in [-0.05, 0) is 28.8 Å². The van der Waals surface area contributed by atoms with E-state index in [2.05, 4.69) is 16.2 Å². The lowest BCUT2D eigenvalue weighted by Crippen LogP contribution is -2.18. The third-order valence-corrected chi connectivity index (χ3v) is 6.52. The monoisotopic (exact) mass is 483 g/mol. The van der Waals surface area contributed by atoms with E-state index in [1.165, 1.54) is 22.3 Å². The summed E-state index contributed by atoms with van der Waals surface area (Å²) < 4.78 is 1.24. The van der Waals surface area contributed by atoms with E-state index in [9.17, 15) is 10.1 Å². The van der Waals surface area contributed by atoms with Crippen molar-refractivity contribution in [2.45, 2.75) is 13.0 Å². The highest BCUT2D eigenvalue weighted by Gasteiger charge is 2.14. The molecule has 6 nitrogen and oxygen atoms in total. The van der Waals surface area contributed by atoms with E-state index in [-0.39, 0.29) is 5.56 Å². The van der Waals surface area contributed by atoms with Crippen molar-refractivity contribution in [3.63, 3.8) is 0 Å². The number of nitrogens with zero attached hydrogens (tertiary/aromatic N) is 5. The lowest BCUT2D eigenvalue weighted by Gasteiger charge is -2.21. The topological polar surface area (TPSA) is 74.3 Å². The predicted octanol–water partition coefficient (Wildman–Crippen LogP) is 5.81. The van der Waals surface area contributed by atoms with Gasteiger partial charge in [0.15, 0.2) is 0 Å². The van der Waals surface area contributed by atoms with E-state index >= 15 is 0 Å². The molecule has 0 spiro atoms.